The third-order valence-corrected chi connectivity index (χ3v) is 6.09. The van der Waals surface area contributed by atoms with E-state index >= 15 is 0 Å². The van der Waals surface area contributed by atoms with Crippen LogP contribution >= 0.6 is 0 Å². The molecule has 1 aliphatic rings. The fourth-order valence-corrected chi connectivity index (χ4v) is 4.33. The van der Waals surface area contributed by atoms with Crippen molar-refractivity contribution in [3.63, 3.8) is 0 Å². The van der Waals surface area contributed by atoms with Gasteiger partial charge in [0.25, 0.3) is 0 Å². The van der Waals surface area contributed by atoms with E-state index in [9.17, 15) is 9.90 Å². The summed E-state index contributed by atoms with van der Waals surface area (Å²) < 4.78 is 2.02. The SMILES string of the molecule is CCCCc1nc(C2CCCCC2)nn1Cc1ccc(-c2ccccc2C(=O)O)cn1. The van der Waals surface area contributed by atoms with Gasteiger partial charge in [0.2, 0.25) is 0 Å². The van der Waals surface area contributed by atoms with Gasteiger partial charge in [0, 0.05) is 24.1 Å². The fraction of sp³-hybridized carbons (Fsp3) is 0.440. The Morgan fingerprint density at radius 3 is 2.65 bits per heavy atom. The largest absolute Gasteiger partial charge is 0.478 e. The van der Waals surface area contributed by atoms with Gasteiger partial charge in [0.05, 0.1) is 17.8 Å². The molecule has 0 saturated heterocycles. The highest BCUT2D eigenvalue weighted by Gasteiger charge is 2.21. The molecule has 6 heteroatoms. The number of rotatable bonds is 8. The summed E-state index contributed by atoms with van der Waals surface area (Å²) in [6.07, 6.45) is 11.1. The van der Waals surface area contributed by atoms with Crippen LogP contribution in [-0.4, -0.2) is 30.8 Å². The molecule has 0 bridgehead atoms. The molecule has 0 aliphatic heterocycles. The summed E-state index contributed by atoms with van der Waals surface area (Å²) in [6, 6.07) is 10.9. The Morgan fingerprint density at radius 1 is 1.13 bits per heavy atom. The second-order valence-corrected chi connectivity index (χ2v) is 8.37. The van der Waals surface area contributed by atoms with E-state index in [1.807, 2.05) is 28.9 Å². The molecule has 0 atom stereocenters. The maximum atomic E-state index is 11.5. The van der Waals surface area contributed by atoms with Gasteiger partial charge in [-0.1, -0.05) is 56.9 Å². The zero-order valence-electron chi connectivity index (χ0n) is 18.1. The molecule has 0 amide bonds. The van der Waals surface area contributed by atoms with E-state index in [4.69, 9.17) is 10.1 Å². The quantitative estimate of drug-likeness (QED) is 0.524. The minimum Gasteiger partial charge on any atom is -0.478 e. The second-order valence-electron chi connectivity index (χ2n) is 8.37. The van der Waals surface area contributed by atoms with Gasteiger partial charge >= 0.3 is 5.97 Å². The predicted molar refractivity (Wildman–Crippen MR) is 120 cm³/mol. The molecule has 1 fully saturated rings. The summed E-state index contributed by atoms with van der Waals surface area (Å²) in [6.45, 7) is 2.78. The van der Waals surface area contributed by atoms with Crippen molar-refractivity contribution in [2.45, 2.75) is 70.8 Å². The van der Waals surface area contributed by atoms with Crippen molar-refractivity contribution in [2.24, 2.45) is 0 Å². The molecule has 1 aromatic carbocycles. The summed E-state index contributed by atoms with van der Waals surface area (Å²) in [7, 11) is 0. The number of aromatic carboxylic acids is 1. The molecule has 0 radical (unpaired) electrons. The fourth-order valence-electron chi connectivity index (χ4n) is 4.33. The third-order valence-electron chi connectivity index (χ3n) is 6.09. The number of pyridine rings is 1. The van der Waals surface area contributed by atoms with E-state index in [0.29, 0.717) is 18.0 Å². The molecular weight excluding hydrogens is 388 g/mol. The van der Waals surface area contributed by atoms with Crippen LogP contribution in [0.1, 0.15) is 85.5 Å². The average molecular weight is 419 g/mol. The van der Waals surface area contributed by atoms with E-state index in [2.05, 4.69) is 11.9 Å². The molecule has 2 aromatic heterocycles. The summed E-state index contributed by atoms with van der Waals surface area (Å²) in [5.74, 6) is 1.60. The maximum absolute atomic E-state index is 11.5. The van der Waals surface area contributed by atoms with Crippen molar-refractivity contribution in [3.05, 3.63) is 65.5 Å². The van der Waals surface area contributed by atoms with Crippen LogP contribution < -0.4 is 0 Å². The lowest BCUT2D eigenvalue weighted by molar-refractivity contribution is 0.0697. The summed E-state index contributed by atoms with van der Waals surface area (Å²) >= 11 is 0. The number of hydrogen-bond acceptors (Lipinski definition) is 4. The molecule has 31 heavy (non-hydrogen) atoms. The number of carbonyl (C=O) groups is 1. The van der Waals surface area contributed by atoms with Gasteiger partial charge < -0.3 is 5.11 Å². The van der Waals surface area contributed by atoms with Gasteiger partial charge in [-0.05, 0) is 37.0 Å². The lowest BCUT2D eigenvalue weighted by Gasteiger charge is -2.18. The zero-order valence-corrected chi connectivity index (χ0v) is 18.1. The van der Waals surface area contributed by atoms with E-state index in [1.165, 1.54) is 32.1 Å². The zero-order chi connectivity index (χ0) is 21.6. The monoisotopic (exact) mass is 418 g/mol. The van der Waals surface area contributed by atoms with Crippen molar-refractivity contribution in [3.8, 4) is 11.1 Å². The van der Waals surface area contributed by atoms with Gasteiger partial charge in [0.15, 0.2) is 5.82 Å². The number of hydrogen-bond donors (Lipinski definition) is 1. The van der Waals surface area contributed by atoms with E-state index in [0.717, 1.165) is 42.2 Å². The second kappa shape index (κ2) is 9.86. The summed E-state index contributed by atoms with van der Waals surface area (Å²) in [5, 5.41) is 14.3. The Balaban J connectivity index is 1.56. The van der Waals surface area contributed by atoms with Gasteiger partial charge in [-0.25, -0.2) is 14.5 Å². The number of aryl methyl sites for hydroxylation is 1. The number of unbranched alkanes of at least 4 members (excludes halogenated alkanes) is 1. The molecule has 1 N–H and O–H groups in total. The van der Waals surface area contributed by atoms with Crippen molar-refractivity contribution in [1.82, 2.24) is 19.7 Å². The minimum atomic E-state index is -0.932. The van der Waals surface area contributed by atoms with Crippen LogP contribution in [0, 0.1) is 0 Å². The third kappa shape index (κ3) is 5.01. The minimum absolute atomic E-state index is 0.285. The smallest absolute Gasteiger partial charge is 0.336 e. The summed E-state index contributed by atoms with van der Waals surface area (Å²) in [4.78, 5) is 21.1. The van der Waals surface area contributed by atoms with E-state index in [-0.39, 0.29) is 5.56 Å². The molecule has 6 nitrogen and oxygen atoms in total. The Bertz CT molecular complexity index is 1020. The molecule has 162 valence electrons. The lowest BCUT2D eigenvalue weighted by Crippen LogP contribution is -2.10. The van der Waals surface area contributed by atoms with Crippen LogP contribution in [0.15, 0.2) is 42.6 Å². The van der Waals surface area contributed by atoms with Crippen LogP contribution in [-0.2, 0) is 13.0 Å². The molecule has 2 heterocycles. The molecule has 0 unspecified atom stereocenters. The first-order chi connectivity index (χ1) is 15.2. The Morgan fingerprint density at radius 2 is 1.94 bits per heavy atom. The number of aromatic nitrogens is 4. The highest BCUT2D eigenvalue weighted by molar-refractivity contribution is 5.95. The average Bonchev–Trinajstić information content (AvgIpc) is 3.21. The first-order valence-corrected chi connectivity index (χ1v) is 11.4. The Hall–Kier alpha value is -3.02. The summed E-state index contributed by atoms with van der Waals surface area (Å²) in [5.41, 5.74) is 2.66. The van der Waals surface area contributed by atoms with Crippen LogP contribution in [0.25, 0.3) is 11.1 Å². The molecule has 1 saturated carbocycles. The van der Waals surface area contributed by atoms with Gasteiger partial charge in [-0.15, -0.1) is 0 Å². The van der Waals surface area contributed by atoms with Gasteiger partial charge in [0.1, 0.15) is 5.82 Å². The van der Waals surface area contributed by atoms with E-state index < -0.39 is 5.97 Å². The number of carboxylic acid groups (broad SMARTS) is 1. The van der Waals surface area contributed by atoms with Crippen LogP contribution in [0.2, 0.25) is 0 Å². The van der Waals surface area contributed by atoms with Gasteiger partial charge in [-0.3, -0.25) is 4.98 Å². The molecule has 0 spiro atoms. The van der Waals surface area contributed by atoms with Crippen LogP contribution in [0.4, 0.5) is 0 Å². The Kier molecular flexibility index (Phi) is 6.75. The van der Waals surface area contributed by atoms with Crippen LogP contribution in [0.3, 0.4) is 0 Å². The Labute approximate surface area is 183 Å². The molecule has 4 rings (SSSR count). The van der Waals surface area contributed by atoms with Gasteiger partial charge in [-0.2, -0.15) is 5.10 Å². The predicted octanol–water partition coefficient (Wildman–Crippen LogP) is 5.48. The molecule has 3 aromatic rings. The maximum Gasteiger partial charge on any atom is 0.336 e. The van der Waals surface area contributed by atoms with Crippen molar-refractivity contribution in [2.75, 3.05) is 0 Å². The highest BCUT2D eigenvalue weighted by atomic mass is 16.4. The number of carboxylic acids is 1. The number of nitrogens with zero attached hydrogens (tertiary/aromatic N) is 4. The van der Waals surface area contributed by atoms with Crippen molar-refractivity contribution in [1.29, 1.82) is 0 Å². The normalized spacial score (nSPS) is 14.6. The standard InChI is InChI=1S/C25H30N4O2/c1-2-3-13-23-27-24(18-9-5-4-6-10-18)28-29(23)17-20-15-14-19(16-26-20)21-11-7-8-12-22(21)25(30)31/h7-8,11-12,14-16,18H,2-6,9-10,13,17H2,1H3,(H,30,31). The molecule has 1 aliphatic carbocycles. The number of benzene rings is 1. The lowest BCUT2D eigenvalue weighted by atomic mass is 9.89. The van der Waals surface area contributed by atoms with E-state index in [1.54, 1.807) is 18.3 Å². The first-order valence-electron chi connectivity index (χ1n) is 11.4. The van der Waals surface area contributed by atoms with Crippen molar-refractivity contribution < 1.29 is 9.90 Å². The molecular formula is C25H30N4O2. The van der Waals surface area contributed by atoms with Crippen LogP contribution in [0.5, 0.6) is 0 Å². The van der Waals surface area contributed by atoms with Crippen molar-refractivity contribution >= 4 is 5.97 Å². The first kappa shape index (κ1) is 21.2. The highest BCUT2D eigenvalue weighted by Crippen LogP contribution is 2.31. The topological polar surface area (TPSA) is 80.9 Å².